The second-order valence-electron chi connectivity index (χ2n) is 4.18. The number of halogens is 2. The summed E-state index contributed by atoms with van der Waals surface area (Å²) in [7, 11) is 0. The van der Waals surface area contributed by atoms with Gasteiger partial charge in [0.05, 0.1) is 18.8 Å². The molecule has 2 nitrogen and oxygen atoms in total. The van der Waals surface area contributed by atoms with E-state index < -0.39 is 17.7 Å². The quantitative estimate of drug-likeness (QED) is 0.833. The van der Waals surface area contributed by atoms with Crippen molar-refractivity contribution in [3.05, 3.63) is 35.4 Å². The molecule has 1 aromatic carbocycles. The third kappa shape index (κ3) is 4.06. The number of nitrogens with two attached hydrogens (primary N) is 1. The Balaban J connectivity index is 2.58. The highest BCUT2D eigenvalue weighted by Gasteiger charge is 2.15. The first kappa shape index (κ1) is 14.1. The Kier molecular flexibility index (Phi) is 5.51. The third-order valence-electron chi connectivity index (χ3n) is 2.64. The maximum absolute atomic E-state index is 13.4. The molecule has 1 aromatic rings. The zero-order valence-corrected chi connectivity index (χ0v) is 10.2. The van der Waals surface area contributed by atoms with Gasteiger partial charge in [0.2, 0.25) is 0 Å². The Morgan fingerprint density at radius 3 is 2.71 bits per heavy atom. The molecule has 0 radical (unpaired) electrons. The van der Waals surface area contributed by atoms with Crippen LogP contribution in [-0.2, 0) is 4.74 Å². The molecule has 0 amide bonds. The number of hydrogen-bond donors (Lipinski definition) is 1. The van der Waals surface area contributed by atoms with E-state index in [1.165, 1.54) is 12.1 Å². The van der Waals surface area contributed by atoms with E-state index in [9.17, 15) is 8.78 Å². The topological polar surface area (TPSA) is 35.2 Å². The number of rotatable bonds is 6. The highest BCUT2D eigenvalue weighted by atomic mass is 19.2. The van der Waals surface area contributed by atoms with E-state index in [0.29, 0.717) is 0 Å². The molecule has 0 aliphatic rings. The van der Waals surface area contributed by atoms with Crippen molar-refractivity contribution in [3.63, 3.8) is 0 Å². The molecule has 2 N–H and O–H groups in total. The zero-order chi connectivity index (χ0) is 12.8. The Bertz CT molecular complexity index is 357. The average molecular weight is 243 g/mol. The van der Waals surface area contributed by atoms with Crippen LogP contribution in [0.25, 0.3) is 0 Å². The predicted octanol–water partition coefficient (Wildman–Crippen LogP) is 3.17. The summed E-state index contributed by atoms with van der Waals surface area (Å²) >= 11 is 0. The van der Waals surface area contributed by atoms with Gasteiger partial charge in [-0.1, -0.05) is 25.5 Å². The van der Waals surface area contributed by atoms with Crippen molar-refractivity contribution in [2.75, 3.05) is 6.61 Å². The van der Waals surface area contributed by atoms with Gasteiger partial charge in [0, 0.05) is 5.56 Å². The van der Waals surface area contributed by atoms with Gasteiger partial charge in [-0.3, -0.25) is 0 Å². The fraction of sp³-hybridized carbons (Fsp3) is 0.538. The second kappa shape index (κ2) is 6.67. The summed E-state index contributed by atoms with van der Waals surface area (Å²) in [4.78, 5) is 0. The summed E-state index contributed by atoms with van der Waals surface area (Å²) in [5, 5.41) is 0. The van der Waals surface area contributed by atoms with Crippen LogP contribution in [0.15, 0.2) is 18.2 Å². The maximum Gasteiger partial charge on any atom is 0.163 e. The van der Waals surface area contributed by atoms with Crippen LogP contribution in [0.1, 0.15) is 38.3 Å². The maximum atomic E-state index is 13.4. The summed E-state index contributed by atoms with van der Waals surface area (Å²) in [6.07, 6.45) is 2.03. The Morgan fingerprint density at radius 1 is 1.35 bits per heavy atom. The zero-order valence-electron chi connectivity index (χ0n) is 10.2. The molecular formula is C13H19F2NO. The van der Waals surface area contributed by atoms with E-state index >= 15 is 0 Å². The van der Waals surface area contributed by atoms with Crippen molar-refractivity contribution >= 4 is 0 Å². The molecule has 17 heavy (non-hydrogen) atoms. The number of hydrogen-bond acceptors (Lipinski definition) is 2. The number of ether oxygens (including phenoxy) is 1. The molecule has 0 saturated carbocycles. The average Bonchev–Trinajstić information content (AvgIpc) is 2.30. The van der Waals surface area contributed by atoms with Crippen LogP contribution in [0.3, 0.4) is 0 Å². The molecule has 4 heteroatoms. The molecule has 96 valence electrons. The predicted molar refractivity (Wildman–Crippen MR) is 63.6 cm³/mol. The van der Waals surface area contributed by atoms with Gasteiger partial charge in [0.1, 0.15) is 0 Å². The van der Waals surface area contributed by atoms with E-state index in [-0.39, 0.29) is 18.3 Å². The van der Waals surface area contributed by atoms with Gasteiger partial charge < -0.3 is 10.5 Å². The molecule has 0 bridgehead atoms. The van der Waals surface area contributed by atoms with Gasteiger partial charge in [0.15, 0.2) is 11.6 Å². The minimum atomic E-state index is -0.883. The van der Waals surface area contributed by atoms with Crippen LogP contribution in [0, 0.1) is 11.6 Å². The van der Waals surface area contributed by atoms with Crippen molar-refractivity contribution in [1.82, 2.24) is 0 Å². The summed E-state index contributed by atoms with van der Waals surface area (Å²) in [5.74, 6) is -1.76. The van der Waals surface area contributed by atoms with Crippen molar-refractivity contribution < 1.29 is 13.5 Å². The first-order valence-corrected chi connectivity index (χ1v) is 5.87. The first-order chi connectivity index (χ1) is 8.06. The van der Waals surface area contributed by atoms with E-state index in [2.05, 4.69) is 6.92 Å². The first-order valence-electron chi connectivity index (χ1n) is 5.87. The molecule has 0 spiro atoms. The SMILES string of the molecule is CCCC(C)OCC(N)c1cccc(F)c1F. The lowest BCUT2D eigenvalue weighted by molar-refractivity contribution is 0.0497. The largest absolute Gasteiger partial charge is 0.377 e. The van der Waals surface area contributed by atoms with Gasteiger partial charge in [0.25, 0.3) is 0 Å². The fourth-order valence-electron chi connectivity index (χ4n) is 1.65. The standard InChI is InChI=1S/C13H19F2NO/c1-3-5-9(2)17-8-12(16)10-6-4-7-11(14)13(10)15/h4,6-7,9,12H,3,5,8,16H2,1-2H3. The third-order valence-corrected chi connectivity index (χ3v) is 2.64. The lowest BCUT2D eigenvalue weighted by Crippen LogP contribution is -2.22. The Labute approximate surface area is 101 Å². The minimum Gasteiger partial charge on any atom is -0.377 e. The van der Waals surface area contributed by atoms with Gasteiger partial charge in [-0.25, -0.2) is 8.78 Å². The van der Waals surface area contributed by atoms with Gasteiger partial charge in [-0.05, 0) is 19.4 Å². The molecule has 0 heterocycles. The van der Waals surface area contributed by atoms with E-state index in [1.807, 2.05) is 6.92 Å². The molecular weight excluding hydrogens is 224 g/mol. The van der Waals surface area contributed by atoms with Gasteiger partial charge >= 0.3 is 0 Å². The Hall–Kier alpha value is -1.00. The van der Waals surface area contributed by atoms with Crippen LogP contribution in [-0.4, -0.2) is 12.7 Å². The second-order valence-corrected chi connectivity index (χ2v) is 4.18. The van der Waals surface area contributed by atoms with Gasteiger partial charge in [-0.15, -0.1) is 0 Å². The number of benzene rings is 1. The summed E-state index contributed by atoms with van der Waals surface area (Å²) in [5.41, 5.74) is 5.94. The normalized spacial score (nSPS) is 14.6. The molecule has 0 aliphatic carbocycles. The summed E-state index contributed by atoms with van der Waals surface area (Å²) in [6.45, 7) is 4.20. The lowest BCUT2D eigenvalue weighted by Gasteiger charge is -2.17. The van der Waals surface area contributed by atoms with Crippen molar-refractivity contribution in [2.24, 2.45) is 5.73 Å². The monoisotopic (exact) mass is 243 g/mol. The van der Waals surface area contributed by atoms with Crippen molar-refractivity contribution in [1.29, 1.82) is 0 Å². The smallest absolute Gasteiger partial charge is 0.163 e. The Morgan fingerprint density at radius 2 is 2.06 bits per heavy atom. The van der Waals surface area contributed by atoms with Crippen LogP contribution in [0.5, 0.6) is 0 Å². The van der Waals surface area contributed by atoms with Crippen molar-refractivity contribution in [3.8, 4) is 0 Å². The lowest BCUT2D eigenvalue weighted by atomic mass is 10.1. The van der Waals surface area contributed by atoms with E-state index in [0.717, 1.165) is 18.9 Å². The molecule has 0 fully saturated rings. The van der Waals surface area contributed by atoms with E-state index in [1.54, 1.807) is 0 Å². The van der Waals surface area contributed by atoms with Crippen LogP contribution < -0.4 is 5.73 Å². The minimum absolute atomic E-state index is 0.0858. The summed E-state index contributed by atoms with van der Waals surface area (Å²) < 4.78 is 31.9. The fourth-order valence-corrected chi connectivity index (χ4v) is 1.65. The van der Waals surface area contributed by atoms with Crippen molar-refractivity contribution in [2.45, 2.75) is 38.8 Å². The van der Waals surface area contributed by atoms with Crippen LogP contribution in [0.4, 0.5) is 8.78 Å². The highest BCUT2D eigenvalue weighted by molar-refractivity contribution is 5.22. The molecule has 0 aliphatic heterocycles. The molecule has 2 atom stereocenters. The van der Waals surface area contributed by atoms with Crippen LogP contribution in [0.2, 0.25) is 0 Å². The van der Waals surface area contributed by atoms with Gasteiger partial charge in [-0.2, -0.15) is 0 Å². The molecule has 0 saturated heterocycles. The van der Waals surface area contributed by atoms with Crippen LogP contribution >= 0.6 is 0 Å². The molecule has 0 aromatic heterocycles. The molecule has 2 unspecified atom stereocenters. The molecule has 1 rings (SSSR count). The van der Waals surface area contributed by atoms with E-state index in [4.69, 9.17) is 10.5 Å². The summed E-state index contributed by atoms with van der Waals surface area (Å²) in [6, 6.07) is 3.37. The highest BCUT2D eigenvalue weighted by Crippen LogP contribution is 2.18.